The SMILES string of the molecule is C=CCn1c(SCC(=O)Nc2ccc(OCC)cc2)nnc1-c1csc(C)c1-c1ccc(C)cc1. The van der Waals surface area contributed by atoms with Crippen molar-refractivity contribution in [2.45, 2.75) is 32.5 Å². The first kappa shape index (κ1) is 24.8. The van der Waals surface area contributed by atoms with Gasteiger partial charge in [0.15, 0.2) is 11.0 Å². The molecule has 0 saturated heterocycles. The molecule has 6 nitrogen and oxygen atoms in total. The molecule has 0 saturated carbocycles. The summed E-state index contributed by atoms with van der Waals surface area (Å²) in [5.74, 6) is 1.66. The van der Waals surface area contributed by atoms with Gasteiger partial charge in [0, 0.05) is 33.6 Å². The molecule has 2 aromatic carbocycles. The van der Waals surface area contributed by atoms with Crippen LogP contribution in [0.4, 0.5) is 5.69 Å². The van der Waals surface area contributed by atoms with Crippen molar-refractivity contribution in [2.75, 3.05) is 17.7 Å². The fourth-order valence-corrected chi connectivity index (χ4v) is 5.33. The Morgan fingerprint density at radius 3 is 2.57 bits per heavy atom. The van der Waals surface area contributed by atoms with E-state index in [4.69, 9.17) is 4.74 Å². The van der Waals surface area contributed by atoms with Gasteiger partial charge in [-0.2, -0.15) is 0 Å². The number of hydrogen-bond acceptors (Lipinski definition) is 6. The van der Waals surface area contributed by atoms with Gasteiger partial charge in [-0.25, -0.2) is 0 Å². The maximum Gasteiger partial charge on any atom is 0.234 e. The molecule has 0 fully saturated rings. The van der Waals surface area contributed by atoms with Crippen LogP contribution in [-0.2, 0) is 11.3 Å². The number of allylic oxidation sites excluding steroid dienone is 1. The van der Waals surface area contributed by atoms with E-state index >= 15 is 0 Å². The molecular formula is C27H28N4O2S2. The number of rotatable bonds is 10. The molecule has 1 N–H and O–H groups in total. The van der Waals surface area contributed by atoms with Crippen LogP contribution >= 0.6 is 23.1 Å². The zero-order valence-electron chi connectivity index (χ0n) is 20.1. The average molecular weight is 505 g/mol. The number of hydrogen-bond donors (Lipinski definition) is 1. The number of ether oxygens (including phenoxy) is 1. The molecule has 1 amide bonds. The standard InChI is InChI=1S/C27H28N4O2S2/c1-5-15-31-26(23-16-34-19(4)25(23)20-9-7-18(3)8-10-20)29-30-27(31)35-17-24(32)28-21-11-13-22(14-12-21)33-6-2/h5,7-14,16H,1,6,15,17H2,2-4H3,(H,28,32). The third-order valence-electron chi connectivity index (χ3n) is 5.37. The Morgan fingerprint density at radius 1 is 1.14 bits per heavy atom. The van der Waals surface area contributed by atoms with Crippen LogP contribution in [0.2, 0.25) is 0 Å². The van der Waals surface area contributed by atoms with Crippen molar-refractivity contribution in [2.24, 2.45) is 0 Å². The molecular weight excluding hydrogens is 476 g/mol. The van der Waals surface area contributed by atoms with Crippen molar-refractivity contribution in [1.82, 2.24) is 14.8 Å². The maximum absolute atomic E-state index is 12.6. The molecule has 0 aliphatic rings. The van der Waals surface area contributed by atoms with Gasteiger partial charge in [0.1, 0.15) is 5.75 Å². The molecule has 0 aliphatic carbocycles. The van der Waals surface area contributed by atoms with Gasteiger partial charge >= 0.3 is 0 Å². The smallest absolute Gasteiger partial charge is 0.234 e. The van der Waals surface area contributed by atoms with Gasteiger partial charge in [0.05, 0.1) is 12.4 Å². The molecule has 0 bridgehead atoms. The predicted molar refractivity (Wildman–Crippen MR) is 145 cm³/mol. The summed E-state index contributed by atoms with van der Waals surface area (Å²) >= 11 is 3.06. The summed E-state index contributed by atoms with van der Waals surface area (Å²) in [6.45, 7) is 11.2. The topological polar surface area (TPSA) is 69.0 Å². The molecule has 180 valence electrons. The third kappa shape index (κ3) is 5.83. The summed E-state index contributed by atoms with van der Waals surface area (Å²) in [7, 11) is 0. The number of amides is 1. The molecule has 0 unspecified atom stereocenters. The number of thiophene rings is 1. The predicted octanol–water partition coefficient (Wildman–Crippen LogP) is 6.61. The zero-order chi connectivity index (χ0) is 24.8. The van der Waals surface area contributed by atoms with Crippen molar-refractivity contribution in [3.63, 3.8) is 0 Å². The van der Waals surface area contributed by atoms with Crippen molar-refractivity contribution >= 4 is 34.7 Å². The largest absolute Gasteiger partial charge is 0.494 e. The number of aromatic nitrogens is 3. The number of benzene rings is 2. The molecule has 35 heavy (non-hydrogen) atoms. The zero-order valence-corrected chi connectivity index (χ0v) is 21.7. The Hall–Kier alpha value is -3.36. The van der Waals surface area contributed by atoms with E-state index in [1.54, 1.807) is 11.3 Å². The lowest BCUT2D eigenvalue weighted by Crippen LogP contribution is -2.14. The number of carbonyl (C=O) groups is 1. The second-order valence-corrected chi connectivity index (χ2v) is 9.97. The van der Waals surface area contributed by atoms with Gasteiger partial charge in [-0.1, -0.05) is 47.7 Å². The maximum atomic E-state index is 12.6. The first-order valence-electron chi connectivity index (χ1n) is 11.3. The van der Waals surface area contributed by atoms with Crippen molar-refractivity contribution in [3.8, 4) is 28.3 Å². The molecule has 0 spiro atoms. The van der Waals surface area contributed by atoms with E-state index in [1.165, 1.54) is 22.2 Å². The fourth-order valence-electron chi connectivity index (χ4n) is 3.72. The van der Waals surface area contributed by atoms with Crippen LogP contribution in [0.15, 0.2) is 71.7 Å². The number of aryl methyl sites for hydroxylation is 2. The molecule has 0 radical (unpaired) electrons. The van der Waals surface area contributed by atoms with E-state index in [2.05, 4.69) is 65.6 Å². The van der Waals surface area contributed by atoms with Crippen molar-refractivity contribution in [3.05, 3.63) is 77.0 Å². The molecule has 0 atom stereocenters. The minimum absolute atomic E-state index is 0.111. The van der Waals surface area contributed by atoms with Gasteiger partial charge in [-0.3, -0.25) is 9.36 Å². The Kier molecular flexibility index (Phi) is 8.05. The van der Waals surface area contributed by atoms with Crippen LogP contribution in [0.5, 0.6) is 5.75 Å². The average Bonchev–Trinajstić information content (AvgIpc) is 3.43. The van der Waals surface area contributed by atoms with E-state index in [1.807, 2.05) is 41.8 Å². The lowest BCUT2D eigenvalue weighted by molar-refractivity contribution is -0.113. The summed E-state index contributed by atoms with van der Waals surface area (Å²) < 4.78 is 7.46. The van der Waals surface area contributed by atoms with Crippen LogP contribution < -0.4 is 10.1 Å². The molecule has 0 aliphatic heterocycles. The minimum atomic E-state index is -0.111. The van der Waals surface area contributed by atoms with Crippen LogP contribution in [0.25, 0.3) is 22.5 Å². The molecule has 2 aromatic heterocycles. The first-order chi connectivity index (χ1) is 17.0. The Labute approximate surface area is 214 Å². The summed E-state index contributed by atoms with van der Waals surface area (Å²) in [6.07, 6.45) is 1.82. The van der Waals surface area contributed by atoms with E-state index in [-0.39, 0.29) is 11.7 Å². The van der Waals surface area contributed by atoms with Crippen LogP contribution in [-0.4, -0.2) is 33.0 Å². The molecule has 2 heterocycles. The van der Waals surface area contributed by atoms with Crippen molar-refractivity contribution < 1.29 is 9.53 Å². The van der Waals surface area contributed by atoms with E-state index in [0.717, 1.165) is 34.0 Å². The number of nitrogens with zero attached hydrogens (tertiary/aromatic N) is 3. The molecule has 8 heteroatoms. The second kappa shape index (κ2) is 11.4. The van der Waals surface area contributed by atoms with Crippen LogP contribution in [0, 0.1) is 13.8 Å². The van der Waals surface area contributed by atoms with Crippen LogP contribution in [0.3, 0.4) is 0 Å². The van der Waals surface area contributed by atoms with Gasteiger partial charge in [0.25, 0.3) is 0 Å². The Balaban J connectivity index is 1.52. The van der Waals surface area contributed by atoms with Crippen molar-refractivity contribution in [1.29, 1.82) is 0 Å². The van der Waals surface area contributed by atoms with E-state index in [9.17, 15) is 4.79 Å². The highest BCUT2D eigenvalue weighted by Crippen LogP contribution is 2.39. The second-order valence-electron chi connectivity index (χ2n) is 7.95. The number of thioether (sulfide) groups is 1. The normalized spacial score (nSPS) is 10.8. The summed E-state index contributed by atoms with van der Waals surface area (Å²) in [5.41, 5.74) is 5.30. The fraction of sp³-hybridized carbons (Fsp3) is 0.222. The molecule has 4 aromatic rings. The number of carbonyl (C=O) groups excluding carboxylic acids is 1. The van der Waals surface area contributed by atoms with Gasteiger partial charge in [0.2, 0.25) is 5.91 Å². The van der Waals surface area contributed by atoms with E-state index in [0.29, 0.717) is 18.3 Å². The minimum Gasteiger partial charge on any atom is -0.494 e. The Bertz CT molecular complexity index is 1310. The molecule has 4 rings (SSSR count). The first-order valence-corrected chi connectivity index (χ1v) is 13.2. The summed E-state index contributed by atoms with van der Waals surface area (Å²) in [6, 6.07) is 15.9. The summed E-state index contributed by atoms with van der Waals surface area (Å²) in [5, 5.41) is 14.7. The number of nitrogens with one attached hydrogen (secondary N) is 1. The monoisotopic (exact) mass is 504 g/mol. The summed E-state index contributed by atoms with van der Waals surface area (Å²) in [4.78, 5) is 13.8. The van der Waals surface area contributed by atoms with Crippen LogP contribution in [0.1, 0.15) is 17.4 Å². The van der Waals surface area contributed by atoms with E-state index < -0.39 is 0 Å². The quantitative estimate of drug-likeness (QED) is 0.194. The third-order valence-corrected chi connectivity index (χ3v) is 7.24. The lowest BCUT2D eigenvalue weighted by atomic mass is 10.0. The highest BCUT2D eigenvalue weighted by Gasteiger charge is 2.20. The highest BCUT2D eigenvalue weighted by atomic mass is 32.2. The highest BCUT2D eigenvalue weighted by molar-refractivity contribution is 7.99. The van der Waals surface area contributed by atoms with Gasteiger partial charge in [-0.15, -0.1) is 28.1 Å². The number of anilines is 1. The lowest BCUT2D eigenvalue weighted by Gasteiger charge is -2.10. The van der Waals surface area contributed by atoms with Gasteiger partial charge < -0.3 is 10.1 Å². The Morgan fingerprint density at radius 2 is 1.89 bits per heavy atom. The van der Waals surface area contributed by atoms with Gasteiger partial charge in [-0.05, 0) is 50.6 Å².